The Labute approximate surface area is 141 Å². The molecule has 0 spiro atoms. The third kappa shape index (κ3) is 4.23. The van der Waals surface area contributed by atoms with Crippen molar-refractivity contribution in [1.29, 1.82) is 0 Å². The van der Waals surface area contributed by atoms with E-state index in [1.807, 2.05) is 24.3 Å². The molecule has 0 aliphatic carbocycles. The van der Waals surface area contributed by atoms with Gasteiger partial charge in [0.2, 0.25) is 11.8 Å². The highest BCUT2D eigenvalue weighted by Gasteiger charge is 2.24. The van der Waals surface area contributed by atoms with Crippen LogP contribution in [-0.4, -0.2) is 33.6 Å². The van der Waals surface area contributed by atoms with Gasteiger partial charge in [0, 0.05) is 23.7 Å². The summed E-state index contributed by atoms with van der Waals surface area (Å²) in [5.41, 5.74) is 1.09. The van der Waals surface area contributed by atoms with Gasteiger partial charge in [0.05, 0.1) is 0 Å². The minimum absolute atomic E-state index is 0.188. The van der Waals surface area contributed by atoms with Gasteiger partial charge in [-0.3, -0.25) is 10.1 Å². The van der Waals surface area contributed by atoms with Crippen LogP contribution in [0.2, 0.25) is 5.02 Å². The summed E-state index contributed by atoms with van der Waals surface area (Å²) in [7, 11) is 0. The maximum Gasteiger partial charge on any atom is 0.324 e. The molecule has 2 aromatic rings. The molecule has 120 valence electrons. The third-order valence-electron chi connectivity index (χ3n) is 3.19. The van der Waals surface area contributed by atoms with Crippen LogP contribution in [0.15, 0.2) is 33.9 Å². The number of hydrogen-bond donors (Lipinski definition) is 1. The number of urea groups is 1. The number of nitrogens with zero attached hydrogens (tertiary/aromatic N) is 3. The molecule has 0 saturated carbocycles. The molecule has 2 heterocycles. The Morgan fingerprint density at radius 3 is 2.78 bits per heavy atom. The molecule has 1 aromatic heterocycles. The molecule has 9 heteroatoms. The van der Waals surface area contributed by atoms with Gasteiger partial charge in [0.1, 0.15) is 6.54 Å². The first-order valence-corrected chi connectivity index (χ1v) is 8.25. The smallest absolute Gasteiger partial charge is 0.324 e. The standard InChI is InChI=1S/C14H13ClN4O3S/c15-10-3-1-9(2-4-10)8-23-14-18-17-12(22-14)7-19-6-5-11(20)16-13(19)21/h1-4H,5-8H2,(H,16,20,21). The van der Waals surface area contributed by atoms with Crippen molar-refractivity contribution in [3.8, 4) is 0 Å². The van der Waals surface area contributed by atoms with Crippen molar-refractivity contribution in [3.63, 3.8) is 0 Å². The minimum atomic E-state index is -0.435. The molecule has 1 N–H and O–H groups in total. The molecule has 3 amide bonds. The van der Waals surface area contributed by atoms with Gasteiger partial charge >= 0.3 is 6.03 Å². The van der Waals surface area contributed by atoms with Crippen molar-refractivity contribution in [2.75, 3.05) is 6.54 Å². The highest BCUT2D eigenvalue weighted by Crippen LogP contribution is 2.23. The summed E-state index contributed by atoms with van der Waals surface area (Å²) >= 11 is 7.25. The number of thioether (sulfide) groups is 1. The second-order valence-electron chi connectivity index (χ2n) is 4.90. The highest BCUT2D eigenvalue weighted by molar-refractivity contribution is 7.98. The second-order valence-corrected chi connectivity index (χ2v) is 6.26. The van der Waals surface area contributed by atoms with E-state index in [1.54, 1.807) is 0 Å². The molecule has 0 atom stereocenters. The SMILES string of the molecule is O=C1CCN(Cc2nnc(SCc3ccc(Cl)cc3)o2)C(=O)N1. The van der Waals surface area contributed by atoms with Crippen LogP contribution in [0.4, 0.5) is 4.79 Å². The van der Waals surface area contributed by atoms with E-state index in [4.69, 9.17) is 16.0 Å². The second kappa shape index (κ2) is 7.01. The molecule has 3 rings (SSSR count). The average Bonchev–Trinajstić information content (AvgIpc) is 2.97. The van der Waals surface area contributed by atoms with Crippen LogP contribution in [0.25, 0.3) is 0 Å². The van der Waals surface area contributed by atoms with E-state index in [2.05, 4.69) is 15.5 Å². The van der Waals surface area contributed by atoms with E-state index in [9.17, 15) is 9.59 Å². The number of rotatable bonds is 5. The predicted molar refractivity (Wildman–Crippen MR) is 83.9 cm³/mol. The lowest BCUT2D eigenvalue weighted by atomic mass is 10.2. The number of nitrogens with one attached hydrogen (secondary N) is 1. The molecule has 0 bridgehead atoms. The number of benzene rings is 1. The van der Waals surface area contributed by atoms with Crippen LogP contribution >= 0.6 is 23.4 Å². The summed E-state index contributed by atoms with van der Waals surface area (Å²) in [6.07, 6.45) is 0.276. The Morgan fingerprint density at radius 2 is 2.04 bits per heavy atom. The van der Waals surface area contributed by atoms with Crippen molar-refractivity contribution in [2.24, 2.45) is 0 Å². The molecule has 0 unspecified atom stereocenters. The van der Waals surface area contributed by atoms with Gasteiger partial charge in [-0.05, 0) is 17.7 Å². The quantitative estimate of drug-likeness (QED) is 0.831. The van der Waals surface area contributed by atoms with Crippen molar-refractivity contribution < 1.29 is 14.0 Å². The fourth-order valence-corrected chi connectivity index (χ4v) is 2.86. The van der Waals surface area contributed by atoms with Gasteiger partial charge in [-0.1, -0.05) is 35.5 Å². The monoisotopic (exact) mass is 352 g/mol. The summed E-state index contributed by atoms with van der Waals surface area (Å²) in [5, 5.41) is 11.2. The zero-order valence-corrected chi connectivity index (χ0v) is 13.6. The van der Waals surface area contributed by atoms with E-state index in [0.717, 1.165) is 5.56 Å². The number of imide groups is 1. The van der Waals surface area contributed by atoms with Gasteiger partial charge in [-0.25, -0.2) is 4.79 Å². The molecule has 0 radical (unpaired) electrons. The van der Waals surface area contributed by atoms with E-state index >= 15 is 0 Å². The van der Waals surface area contributed by atoms with Crippen LogP contribution in [0.3, 0.4) is 0 Å². The van der Waals surface area contributed by atoms with Crippen LogP contribution in [0.5, 0.6) is 0 Å². The van der Waals surface area contributed by atoms with Crippen LogP contribution < -0.4 is 5.32 Å². The predicted octanol–water partition coefficient (Wildman–Crippen LogP) is 2.46. The minimum Gasteiger partial charge on any atom is -0.414 e. The van der Waals surface area contributed by atoms with Crippen molar-refractivity contribution >= 4 is 35.3 Å². The number of hydrogen-bond acceptors (Lipinski definition) is 6. The van der Waals surface area contributed by atoms with Crippen LogP contribution in [0, 0.1) is 0 Å². The fraction of sp³-hybridized carbons (Fsp3) is 0.286. The van der Waals surface area contributed by atoms with Crippen LogP contribution in [-0.2, 0) is 17.1 Å². The van der Waals surface area contributed by atoms with Gasteiger partial charge in [0.25, 0.3) is 5.22 Å². The maximum absolute atomic E-state index is 11.6. The molecular formula is C14H13ClN4O3S. The van der Waals surface area contributed by atoms with Gasteiger partial charge < -0.3 is 9.32 Å². The Kier molecular flexibility index (Phi) is 4.82. The van der Waals surface area contributed by atoms with Crippen molar-refractivity contribution in [1.82, 2.24) is 20.4 Å². The number of halogens is 1. The number of amides is 3. The Morgan fingerprint density at radius 1 is 1.26 bits per heavy atom. The zero-order valence-electron chi connectivity index (χ0n) is 12.0. The Balaban J connectivity index is 1.54. The summed E-state index contributed by atoms with van der Waals surface area (Å²) in [6.45, 7) is 0.536. The first kappa shape index (κ1) is 15.8. The Bertz CT molecular complexity index is 719. The lowest BCUT2D eigenvalue weighted by molar-refractivity contribution is -0.121. The Hall–Kier alpha value is -2.06. The lowest BCUT2D eigenvalue weighted by Gasteiger charge is -2.24. The van der Waals surface area contributed by atoms with E-state index in [0.29, 0.717) is 28.4 Å². The number of carbonyl (C=O) groups excluding carboxylic acids is 2. The molecule has 23 heavy (non-hydrogen) atoms. The summed E-state index contributed by atoms with van der Waals surface area (Å²) < 4.78 is 5.52. The average molecular weight is 353 g/mol. The van der Waals surface area contributed by atoms with E-state index in [-0.39, 0.29) is 18.9 Å². The van der Waals surface area contributed by atoms with Gasteiger partial charge in [0.15, 0.2) is 0 Å². The topological polar surface area (TPSA) is 88.3 Å². The first-order valence-electron chi connectivity index (χ1n) is 6.88. The highest BCUT2D eigenvalue weighted by atomic mass is 35.5. The normalized spacial score (nSPS) is 14.9. The van der Waals surface area contributed by atoms with E-state index in [1.165, 1.54) is 16.7 Å². The number of carbonyl (C=O) groups is 2. The van der Waals surface area contributed by atoms with Crippen LogP contribution in [0.1, 0.15) is 17.9 Å². The third-order valence-corrected chi connectivity index (χ3v) is 4.33. The molecular weight excluding hydrogens is 340 g/mol. The summed E-state index contributed by atoms with van der Waals surface area (Å²) in [5.74, 6) is 0.751. The van der Waals surface area contributed by atoms with Gasteiger partial charge in [-0.2, -0.15) is 0 Å². The zero-order chi connectivity index (χ0) is 16.2. The molecule has 1 aliphatic heterocycles. The molecule has 1 aromatic carbocycles. The molecule has 1 fully saturated rings. The molecule has 1 saturated heterocycles. The lowest BCUT2D eigenvalue weighted by Crippen LogP contribution is -2.48. The summed E-state index contributed by atoms with van der Waals surface area (Å²) in [6, 6.07) is 7.08. The molecule has 7 nitrogen and oxygen atoms in total. The largest absolute Gasteiger partial charge is 0.414 e. The summed E-state index contributed by atoms with van der Waals surface area (Å²) in [4.78, 5) is 24.2. The first-order chi connectivity index (χ1) is 11.1. The van der Waals surface area contributed by atoms with Crippen molar-refractivity contribution in [2.45, 2.75) is 23.9 Å². The molecule has 1 aliphatic rings. The fourth-order valence-electron chi connectivity index (χ4n) is 2.00. The maximum atomic E-state index is 11.6. The van der Waals surface area contributed by atoms with Gasteiger partial charge in [-0.15, -0.1) is 10.2 Å². The van der Waals surface area contributed by atoms with E-state index < -0.39 is 6.03 Å². The number of aromatic nitrogens is 2. The van der Waals surface area contributed by atoms with Crippen molar-refractivity contribution in [3.05, 3.63) is 40.7 Å².